The summed E-state index contributed by atoms with van der Waals surface area (Å²) >= 11 is 0. The molecule has 2 N–H and O–H groups in total. The predicted molar refractivity (Wildman–Crippen MR) is 120 cm³/mol. The van der Waals surface area contributed by atoms with Crippen molar-refractivity contribution in [3.05, 3.63) is 35.6 Å². The molecule has 0 aliphatic carbocycles. The summed E-state index contributed by atoms with van der Waals surface area (Å²) in [6, 6.07) is 6.41. The van der Waals surface area contributed by atoms with Gasteiger partial charge in [-0.15, -0.1) is 24.0 Å². The van der Waals surface area contributed by atoms with Crippen molar-refractivity contribution in [3.8, 4) is 0 Å². The van der Waals surface area contributed by atoms with Crippen LogP contribution in [-0.4, -0.2) is 56.7 Å². The topological polar surface area (TPSA) is 48.9 Å². The molecule has 154 valence electrons. The van der Waals surface area contributed by atoms with E-state index in [1.165, 1.54) is 31.4 Å². The lowest BCUT2D eigenvalue weighted by Gasteiger charge is -2.41. The van der Waals surface area contributed by atoms with Crippen LogP contribution < -0.4 is 10.6 Å². The number of piperidine rings is 1. The van der Waals surface area contributed by atoms with Gasteiger partial charge >= 0.3 is 0 Å². The predicted octanol–water partition coefficient (Wildman–Crippen LogP) is 3.56. The first-order valence-corrected chi connectivity index (χ1v) is 9.44. The number of nitrogens with zero attached hydrogens (tertiary/aromatic N) is 2. The molecule has 5 nitrogen and oxygen atoms in total. The SMILES string of the molecule is CN=C(NCC(OC)c1ccc(F)cc1)NCC(C)(C)N1CCCCC1.I. The fraction of sp³-hybridized carbons (Fsp3) is 0.650. The van der Waals surface area contributed by atoms with E-state index in [1.807, 2.05) is 0 Å². The average molecular weight is 492 g/mol. The van der Waals surface area contributed by atoms with E-state index in [1.54, 1.807) is 26.3 Å². The van der Waals surface area contributed by atoms with Crippen molar-refractivity contribution in [1.29, 1.82) is 0 Å². The van der Waals surface area contributed by atoms with E-state index in [0.29, 0.717) is 6.54 Å². The van der Waals surface area contributed by atoms with Crippen LogP contribution in [-0.2, 0) is 4.74 Å². The molecule has 1 saturated heterocycles. The first-order chi connectivity index (χ1) is 12.5. The van der Waals surface area contributed by atoms with Crippen LogP contribution >= 0.6 is 24.0 Å². The van der Waals surface area contributed by atoms with Gasteiger partial charge in [0.25, 0.3) is 0 Å². The molecule has 27 heavy (non-hydrogen) atoms. The molecule has 0 spiro atoms. The summed E-state index contributed by atoms with van der Waals surface area (Å²) < 4.78 is 18.6. The van der Waals surface area contributed by atoms with Crippen molar-refractivity contribution in [2.24, 2.45) is 4.99 Å². The van der Waals surface area contributed by atoms with Crippen LogP contribution in [0.15, 0.2) is 29.3 Å². The zero-order valence-electron chi connectivity index (χ0n) is 16.9. The minimum absolute atomic E-state index is 0. The summed E-state index contributed by atoms with van der Waals surface area (Å²) in [7, 11) is 3.42. The number of methoxy groups -OCH3 is 1. The van der Waals surface area contributed by atoms with Gasteiger partial charge in [-0.25, -0.2) is 4.39 Å². The number of hydrogen-bond donors (Lipinski definition) is 2. The number of guanidine groups is 1. The van der Waals surface area contributed by atoms with E-state index < -0.39 is 0 Å². The van der Waals surface area contributed by atoms with Crippen LogP contribution in [0.2, 0.25) is 0 Å². The number of aliphatic imine (C=N–C) groups is 1. The van der Waals surface area contributed by atoms with Crippen molar-refractivity contribution in [2.75, 3.05) is 40.3 Å². The smallest absolute Gasteiger partial charge is 0.191 e. The van der Waals surface area contributed by atoms with Gasteiger partial charge in [-0.05, 0) is 57.5 Å². The molecule has 1 aromatic carbocycles. The Kier molecular flexibility index (Phi) is 10.5. The highest BCUT2D eigenvalue weighted by Crippen LogP contribution is 2.20. The number of ether oxygens (including phenoxy) is 1. The molecule has 0 saturated carbocycles. The molecule has 2 rings (SSSR count). The van der Waals surface area contributed by atoms with Gasteiger partial charge in [-0.2, -0.15) is 0 Å². The minimum Gasteiger partial charge on any atom is -0.375 e. The molecule has 1 unspecified atom stereocenters. The van der Waals surface area contributed by atoms with Crippen LogP contribution in [0.4, 0.5) is 4.39 Å². The van der Waals surface area contributed by atoms with E-state index in [2.05, 4.69) is 34.4 Å². The molecule has 0 radical (unpaired) electrons. The van der Waals surface area contributed by atoms with Crippen molar-refractivity contribution in [2.45, 2.75) is 44.8 Å². The van der Waals surface area contributed by atoms with Crippen LogP contribution in [0.1, 0.15) is 44.8 Å². The number of hydrogen-bond acceptors (Lipinski definition) is 3. The lowest BCUT2D eigenvalue weighted by molar-refractivity contribution is 0.0973. The monoisotopic (exact) mass is 492 g/mol. The van der Waals surface area contributed by atoms with E-state index in [9.17, 15) is 4.39 Å². The third-order valence-electron chi connectivity index (χ3n) is 5.11. The lowest BCUT2D eigenvalue weighted by atomic mass is 9.98. The zero-order chi connectivity index (χ0) is 19.0. The molecule has 1 heterocycles. The fourth-order valence-electron chi connectivity index (χ4n) is 3.34. The quantitative estimate of drug-likeness (QED) is 0.347. The standard InChI is InChI=1S/C20H33FN4O.HI/c1-20(2,25-12-6-5-7-13-25)15-24-19(22-3)23-14-18(26-4)16-8-10-17(21)11-9-16;/h8-11,18H,5-7,12-15H2,1-4H3,(H2,22,23,24);1H. The second-order valence-electron chi connectivity index (χ2n) is 7.44. The Bertz CT molecular complexity index is 574. The minimum atomic E-state index is -0.242. The highest BCUT2D eigenvalue weighted by atomic mass is 127. The van der Waals surface area contributed by atoms with Crippen molar-refractivity contribution in [1.82, 2.24) is 15.5 Å². The van der Waals surface area contributed by atoms with Crippen LogP contribution in [0, 0.1) is 5.82 Å². The highest BCUT2D eigenvalue weighted by Gasteiger charge is 2.28. The summed E-state index contributed by atoms with van der Waals surface area (Å²) in [5.41, 5.74) is 1.01. The van der Waals surface area contributed by atoms with Crippen LogP contribution in [0.5, 0.6) is 0 Å². The molecular formula is C20H34FIN4O. The molecule has 0 aromatic heterocycles. The zero-order valence-corrected chi connectivity index (χ0v) is 19.3. The summed E-state index contributed by atoms with van der Waals surface area (Å²) in [5, 5.41) is 6.74. The molecular weight excluding hydrogens is 458 g/mol. The van der Waals surface area contributed by atoms with Gasteiger partial charge in [-0.1, -0.05) is 18.6 Å². The van der Waals surface area contributed by atoms with Gasteiger partial charge in [0.05, 0.1) is 6.10 Å². The van der Waals surface area contributed by atoms with Gasteiger partial charge < -0.3 is 15.4 Å². The van der Waals surface area contributed by atoms with Gasteiger partial charge in [0, 0.05) is 32.8 Å². The highest BCUT2D eigenvalue weighted by molar-refractivity contribution is 14.0. The second kappa shape index (κ2) is 11.8. The van der Waals surface area contributed by atoms with Crippen molar-refractivity contribution < 1.29 is 9.13 Å². The van der Waals surface area contributed by atoms with Crippen LogP contribution in [0.3, 0.4) is 0 Å². The maximum atomic E-state index is 13.1. The van der Waals surface area contributed by atoms with Gasteiger partial charge in [0.1, 0.15) is 5.82 Å². The number of rotatable bonds is 7. The van der Waals surface area contributed by atoms with Crippen LogP contribution in [0.25, 0.3) is 0 Å². The largest absolute Gasteiger partial charge is 0.375 e. The Hall–Kier alpha value is -0.930. The van der Waals surface area contributed by atoms with E-state index >= 15 is 0 Å². The lowest BCUT2D eigenvalue weighted by Crippen LogP contribution is -2.55. The molecule has 7 heteroatoms. The normalized spacial score (nSPS) is 17.1. The summed E-state index contributed by atoms with van der Waals surface area (Å²) in [6.45, 7) is 8.25. The second-order valence-corrected chi connectivity index (χ2v) is 7.44. The fourth-order valence-corrected chi connectivity index (χ4v) is 3.34. The average Bonchev–Trinajstić information content (AvgIpc) is 2.66. The summed E-state index contributed by atoms with van der Waals surface area (Å²) in [6.07, 6.45) is 3.74. The molecule has 1 fully saturated rings. The van der Waals surface area contributed by atoms with Gasteiger partial charge in [0.15, 0.2) is 5.96 Å². The van der Waals surface area contributed by atoms with E-state index in [4.69, 9.17) is 4.74 Å². The number of likely N-dealkylation sites (tertiary alicyclic amines) is 1. The van der Waals surface area contributed by atoms with Crippen molar-refractivity contribution >= 4 is 29.9 Å². The molecule has 0 bridgehead atoms. The Labute approximate surface area is 180 Å². The molecule has 1 atom stereocenters. The Morgan fingerprint density at radius 3 is 2.37 bits per heavy atom. The van der Waals surface area contributed by atoms with Gasteiger partial charge in [-0.3, -0.25) is 9.89 Å². The Balaban J connectivity index is 0.00000364. The maximum Gasteiger partial charge on any atom is 0.191 e. The number of benzene rings is 1. The van der Waals surface area contributed by atoms with Gasteiger partial charge in [0.2, 0.25) is 0 Å². The molecule has 0 amide bonds. The van der Waals surface area contributed by atoms with Crippen molar-refractivity contribution in [3.63, 3.8) is 0 Å². The summed E-state index contributed by atoms with van der Waals surface area (Å²) in [4.78, 5) is 6.86. The molecule has 1 aliphatic heterocycles. The van der Waals surface area contributed by atoms with E-state index in [-0.39, 0.29) is 41.4 Å². The first-order valence-electron chi connectivity index (χ1n) is 9.44. The third-order valence-corrected chi connectivity index (χ3v) is 5.11. The number of halogens is 2. The first kappa shape index (κ1) is 24.1. The maximum absolute atomic E-state index is 13.1. The third kappa shape index (κ3) is 7.54. The van der Waals surface area contributed by atoms with E-state index in [0.717, 1.165) is 31.2 Å². The Morgan fingerprint density at radius 2 is 1.81 bits per heavy atom. The summed E-state index contributed by atoms with van der Waals surface area (Å²) in [5.74, 6) is 0.508. The molecule has 1 aliphatic rings. The Morgan fingerprint density at radius 1 is 1.19 bits per heavy atom. The number of nitrogens with one attached hydrogen (secondary N) is 2. The molecule has 1 aromatic rings.